The topological polar surface area (TPSA) is 9.23 Å². The number of hydrogen-bond acceptors (Lipinski definition) is 1. The van der Waals surface area contributed by atoms with Crippen LogP contribution in [0.3, 0.4) is 0 Å². The number of hydrogen-bond donors (Lipinski definition) is 0. The van der Waals surface area contributed by atoms with Gasteiger partial charge in [-0.25, -0.2) is 0 Å². The van der Waals surface area contributed by atoms with Gasteiger partial charge in [-0.3, -0.25) is 0 Å². The molecule has 0 radical (unpaired) electrons. The predicted octanol–water partition coefficient (Wildman–Crippen LogP) is 6.24. The lowest BCUT2D eigenvalue weighted by molar-refractivity contribution is 0.289. The lowest BCUT2D eigenvalue weighted by atomic mass is 10.2. The van der Waals surface area contributed by atoms with Crippen molar-refractivity contribution in [3.8, 4) is 0 Å². The van der Waals surface area contributed by atoms with Gasteiger partial charge in [0.05, 0.1) is 0 Å². The highest BCUT2D eigenvalue weighted by atomic mass is 127. The molecule has 0 heterocycles. The van der Waals surface area contributed by atoms with Gasteiger partial charge in [0.1, 0.15) is 0 Å². The zero-order valence-electron chi connectivity index (χ0n) is 16.7. The molecule has 2 rings (SSSR count). The van der Waals surface area contributed by atoms with E-state index in [0.717, 1.165) is 25.9 Å². The highest BCUT2D eigenvalue weighted by Crippen LogP contribution is 2.36. The van der Waals surface area contributed by atoms with Crippen molar-refractivity contribution in [1.29, 1.82) is 0 Å². The van der Waals surface area contributed by atoms with E-state index in [0.29, 0.717) is 0 Å². The van der Waals surface area contributed by atoms with E-state index < -0.39 is 8.32 Å². The molecule has 0 atom stereocenters. The van der Waals surface area contributed by atoms with Crippen LogP contribution in [0.25, 0.3) is 0 Å². The van der Waals surface area contributed by atoms with E-state index in [1.807, 2.05) is 4.08 Å². The number of allylic oxidation sites excluding steroid dienone is 3. The minimum Gasteiger partial charge on any atom is -0.407 e. The molecule has 1 nitrogen and oxygen atoms in total. The van der Waals surface area contributed by atoms with E-state index in [-0.39, 0.29) is 5.04 Å². The lowest BCUT2D eigenvalue weighted by Gasteiger charge is -2.43. The Labute approximate surface area is 179 Å². The number of benzene rings is 2. The molecule has 2 aromatic rings. The average molecular weight is 491 g/mol. The van der Waals surface area contributed by atoms with E-state index in [1.165, 1.54) is 10.4 Å². The molecule has 2 aromatic carbocycles. The van der Waals surface area contributed by atoms with Crippen LogP contribution in [0.5, 0.6) is 0 Å². The third-order valence-corrected chi connectivity index (χ3v) is 10.3. The van der Waals surface area contributed by atoms with Crippen LogP contribution in [-0.4, -0.2) is 14.9 Å². The molecule has 27 heavy (non-hydrogen) atoms. The molecule has 144 valence electrons. The molecule has 0 saturated carbocycles. The summed E-state index contributed by atoms with van der Waals surface area (Å²) in [6, 6.07) is 21.8. The average Bonchev–Trinajstić information content (AvgIpc) is 2.67. The second kappa shape index (κ2) is 11.0. The molecule has 0 unspecified atom stereocenters. The van der Waals surface area contributed by atoms with Gasteiger partial charge in [0.25, 0.3) is 8.32 Å². The summed E-state index contributed by atoms with van der Waals surface area (Å²) in [6.07, 6.45) is 9.77. The first kappa shape index (κ1) is 22.1. The van der Waals surface area contributed by atoms with Crippen molar-refractivity contribution in [3.63, 3.8) is 0 Å². The van der Waals surface area contributed by atoms with Crippen molar-refractivity contribution in [3.05, 3.63) is 83.0 Å². The molecule has 3 heteroatoms. The summed E-state index contributed by atoms with van der Waals surface area (Å²) >= 11 is 2.24. The van der Waals surface area contributed by atoms with Gasteiger partial charge < -0.3 is 4.43 Å². The Hall–Kier alpha value is -1.17. The zero-order valence-corrected chi connectivity index (χ0v) is 19.9. The molecule has 0 amide bonds. The molecule has 0 N–H and O–H groups in total. The van der Waals surface area contributed by atoms with Crippen LogP contribution in [0.15, 0.2) is 83.0 Å². The maximum Gasteiger partial charge on any atom is 0.261 e. The van der Waals surface area contributed by atoms with Crippen molar-refractivity contribution in [1.82, 2.24) is 0 Å². The molecule has 0 aliphatic rings. The van der Waals surface area contributed by atoms with Crippen molar-refractivity contribution < 1.29 is 4.43 Å². The van der Waals surface area contributed by atoms with Gasteiger partial charge in [-0.05, 0) is 38.8 Å². The Balaban J connectivity index is 2.22. The summed E-state index contributed by atoms with van der Waals surface area (Å²) < 4.78 is 8.92. The van der Waals surface area contributed by atoms with E-state index >= 15 is 0 Å². The second-order valence-corrected chi connectivity index (χ2v) is 12.8. The molecule has 0 aliphatic heterocycles. The molecule has 0 saturated heterocycles. The Morgan fingerprint density at radius 1 is 0.852 bits per heavy atom. The molecule has 0 aromatic heterocycles. The van der Waals surface area contributed by atoms with Crippen LogP contribution in [-0.2, 0) is 4.43 Å². The summed E-state index contributed by atoms with van der Waals surface area (Å²) in [7, 11) is -2.36. The maximum atomic E-state index is 6.89. The molecular weight excluding hydrogens is 459 g/mol. The normalized spacial score (nSPS) is 12.9. The zero-order chi connectivity index (χ0) is 19.6. The first-order valence-corrected chi connectivity index (χ1v) is 12.8. The smallest absolute Gasteiger partial charge is 0.261 e. The fourth-order valence-electron chi connectivity index (χ4n) is 3.57. The van der Waals surface area contributed by atoms with Gasteiger partial charge in [-0.2, -0.15) is 0 Å². The van der Waals surface area contributed by atoms with E-state index in [9.17, 15) is 0 Å². The summed E-state index contributed by atoms with van der Waals surface area (Å²) in [5.74, 6) is 0. The van der Waals surface area contributed by atoms with E-state index in [1.54, 1.807) is 0 Å². The van der Waals surface area contributed by atoms with Crippen molar-refractivity contribution in [2.24, 2.45) is 0 Å². The van der Waals surface area contributed by atoms with Crippen molar-refractivity contribution in [2.75, 3.05) is 6.61 Å². The van der Waals surface area contributed by atoms with Gasteiger partial charge in [-0.1, -0.05) is 122 Å². The monoisotopic (exact) mass is 490 g/mol. The van der Waals surface area contributed by atoms with Crippen LogP contribution < -0.4 is 10.4 Å². The first-order chi connectivity index (χ1) is 13.0. The minimum atomic E-state index is -2.36. The highest BCUT2D eigenvalue weighted by Gasteiger charge is 2.49. The third kappa shape index (κ3) is 5.90. The number of rotatable bonds is 9. The highest BCUT2D eigenvalue weighted by molar-refractivity contribution is 14.1. The number of halogens is 1. The summed E-state index contributed by atoms with van der Waals surface area (Å²) in [6.45, 7) is 7.80. The van der Waals surface area contributed by atoms with E-state index in [4.69, 9.17) is 4.43 Å². The summed E-state index contributed by atoms with van der Waals surface area (Å²) in [5.41, 5.74) is 0. The fourth-order valence-corrected chi connectivity index (χ4v) is 8.41. The number of unbranched alkanes of at least 4 members (excludes halogenated alkanes) is 2. The molecule has 0 aliphatic carbocycles. The molecule has 0 spiro atoms. The third-order valence-electron chi connectivity index (χ3n) is 4.82. The lowest BCUT2D eigenvalue weighted by Crippen LogP contribution is -2.66. The molecule has 0 bridgehead atoms. The van der Waals surface area contributed by atoms with Gasteiger partial charge in [0.2, 0.25) is 0 Å². The van der Waals surface area contributed by atoms with Crippen LogP contribution in [0.1, 0.15) is 40.0 Å². The fraction of sp³-hybridized carbons (Fsp3) is 0.333. The van der Waals surface area contributed by atoms with Crippen molar-refractivity contribution in [2.45, 2.75) is 45.1 Å². The van der Waals surface area contributed by atoms with Gasteiger partial charge in [0, 0.05) is 6.61 Å². The Morgan fingerprint density at radius 3 is 1.89 bits per heavy atom. The summed E-state index contributed by atoms with van der Waals surface area (Å²) in [5, 5.41) is 2.77. The van der Waals surface area contributed by atoms with Gasteiger partial charge in [0.15, 0.2) is 0 Å². The Morgan fingerprint density at radius 2 is 1.41 bits per heavy atom. The predicted molar refractivity (Wildman–Crippen MR) is 130 cm³/mol. The molecule has 0 fully saturated rings. The largest absolute Gasteiger partial charge is 0.407 e. The second-order valence-electron chi connectivity index (χ2n) is 7.75. The quantitative estimate of drug-likeness (QED) is 0.175. The Kier molecular flexibility index (Phi) is 9.00. The minimum absolute atomic E-state index is 0.0562. The van der Waals surface area contributed by atoms with Crippen LogP contribution in [0.4, 0.5) is 0 Å². The standard InChI is InChI=1S/C24H31IOSi/c1-24(2,3)27(22-16-10-8-11-17-22,23-18-12-9-13-19-23)26-21-15-7-5-4-6-14-20-25/h4,6,8-14,16-20H,5,7,15,21H2,1-3H3/b6-4+,20-14+. The van der Waals surface area contributed by atoms with Crippen LogP contribution >= 0.6 is 22.6 Å². The Bertz CT molecular complexity index is 678. The van der Waals surface area contributed by atoms with Crippen LogP contribution in [0, 0.1) is 0 Å². The first-order valence-electron chi connectivity index (χ1n) is 9.69. The SMILES string of the molecule is CC(C)(C)[Si](OCCCC/C=C/C=C/I)(c1ccccc1)c1ccccc1. The van der Waals surface area contributed by atoms with Crippen molar-refractivity contribution >= 4 is 41.3 Å². The molecular formula is C24H31IOSi. The van der Waals surface area contributed by atoms with E-state index in [2.05, 4.69) is 122 Å². The van der Waals surface area contributed by atoms with Gasteiger partial charge in [-0.15, -0.1) is 0 Å². The maximum absolute atomic E-state index is 6.89. The summed E-state index contributed by atoms with van der Waals surface area (Å²) in [4.78, 5) is 0. The van der Waals surface area contributed by atoms with Crippen LogP contribution in [0.2, 0.25) is 5.04 Å². The van der Waals surface area contributed by atoms with Gasteiger partial charge >= 0.3 is 0 Å².